The number of alkyl halides is 2. The predicted octanol–water partition coefficient (Wildman–Crippen LogP) is 6.62. The minimum Gasteiger partial charge on any atom is -0.469 e. The molecule has 1 aliphatic carbocycles. The van der Waals surface area contributed by atoms with Crippen molar-refractivity contribution in [2.75, 3.05) is 20.2 Å². The Kier molecular flexibility index (Phi) is 8.60. The number of hydrogen-bond acceptors (Lipinski definition) is 4. The first-order valence-electron chi connectivity index (χ1n) is 12.5. The second-order valence-electron chi connectivity index (χ2n) is 11.3. The Morgan fingerprint density at radius 2 is 1.80 bits per heavy atom. The molecule has 0 N–H and O–H groups in total. The maximum Gasteiger partial charge on any atom is 0.410 e. The largest absolute Gasteiger partial charge is 0.469 e. The van der Waals surface area contributed by atoms with Gasteiger partial charge >= 0.3 is 12.1 Å². The van der Waals surface area contributed by atoms with Crippen molar-refractivity contribution in [3.63, 3.8) is 0 Å². The Balaban J connectivity index is 1.76. The number of nitrogens with zero attached hydrogens (tertiary/aromatic N) is 1. The van der Waals surface area contributed by atoms with Crippen molar-refractivity contribution >= 4 is 12.1 Å². The van der Waals surface area contributed by atoms with Crippen LogP contribution in [0.25, 0.3) is 0 Å². The lowest BCUT2D eigenvalue weighted by Gasteiger charge is -2.47. The smallest absolute Gasteiger partial charge is 0.410 e. The molecule has 5 nitrogen and oxygen atoms in total. The number of carbonyl (C=O) groups excluding carboxylic acids is 2. The molecule has 3 rings (SSSR count). The highest BCUT2D eigenvalue weighted by atomic mass is 19.3. The van der Waals surface area contributed by atoms with Crippen molar-refractivity contribution in [3.8, 4) is 0 Å². The van der Waals surface area contributed by atoms with E-state index in [9.17, 15) is 18.4 Å². The van der Waals surface area contributed by atoms with Gasteiger partial charge in [-0.15, -0.1) is 0 Å². The number of likely N-dealkylation sites (tertiary alicyclic amines) is 1. The summed E-state index contributed by atoms with van der Waals surface area (Å²) in [4.78, 5) is 27.9. The van der Waals surface area contributed by atoms with Gasteiger partial charge in [-0.05, 0) is 48.5 Å². The summed E-state index contributed by atoms with van der Waals surface area (Å²) in [5.74, 6) is -2.78. The van der Waals surface area contributed by atoms with Gasteiger partial charge in [-0.2, -0.15) is 0 Å². The maximum absolute atomic E-state index is 13.5. The van der Waals surface area contributed by atoms with E-state index in [0.29, 0.717) is 32.2 Å². The highest BCUT2D eigenvalue weighted by molar-refractivity contribution is 5.79. The number of amides is 1. The number of rotatable bonds is 6. The molecular weight excluding hydrogens is 452 g/mol. The minimum atomic E-state index is -2.57. The van der Waals surface area contributed by atoms with Crippen LogP contribution in [0.15, 0.2) is 42.5 Å². The number of carbonyl (C=O) groups is 2. The van der Waals surface area contributed by atoms with Crippen LogP contribution < -0.4 is 0 Å². The highest BCUT2D eigenvalue weighted by Gasteiger charge is 2.49. The van der Waals surface area contributed by atoms with E-state index in [2.05, 4.69) is 20.8 Å². The van der Waals surface area contributed by atoms with E-state index >= 15 is 0 Å². The van der Waals surface area contributed by atoms with Gasteiger partial charge in [0.15, 0.2) is 0 Å². The predicted molar refractivity (Wildman–Crippen MR) is 131 cm³/mol. The molecule has 1 amide bonds. The molecule has 0 aromatic heterocycles. The van der Waals surface area contributed by atoms with E-state index in [4.69, 9.17) is 9.47 Å². The molecule has 35 heavy (non-hydrogen) atoms. The molecule has 0 unspecified atom stereocenters. The third-order valence-electron chi connectivity index (χ3n) is 7.56. The van der Waals surface area contributed by atoms with E-state index in [1.807, 2.05) is 42.5 Å². The van der Waals surface area contributed by atoms with Crippen LogP contribution in [0.2, 0.25) is 0 Å². The van der Waals surface area contributed by atoms with Crippen LogP contribution in [0.3, 0.4) is 0 Å². The van der Waals surface area contributed by atoms with Gasteiger partial charge in [-0.1, -0.05) is 63.3 Å². The monoisotopic (exact) mass is 491 g/mol. The van der Waals surface area contributed by atoms with Crippen LogP contribution >= 0.6 is 0 Å². The molecule has 1 aromatic carbocycles. The Labute approximate surface area is 207 Å². The fourth-order valence-electron chi connectivity index (χ4n) is 5.16. The van der Waals surface area contributed by atoms with Crippen LogP contribution in [0.5, 0.6) is 0 Å². The van der Waals surface area contributed by atoms with Crippen LogP contribution in [0, 0.1) is 22.7 Å². The second-order valence-corrected chi connectivity index (χ2v) is 11.3. The molecule has 0 radical (unpaired) electrons. The van der Waals surface area contributed by atoms with Crippen molar-refractivity contribution in [1.29, 1.82) is 0 Å². The van der Waals surface area contributed by atoms with E-state index in [-0.39, 0.29) is 49.2 Å². The average Bonchev–Trinajstić information content (AvgIpc) is 2.83. The molecule has 1 aromatic rings. The van der Waals surface area contributed by atoms with Gasteiger partial charge in [0.1, 0.15) is 6.61 Å². The number of methoxy groups -OCH3 is 1. The lowest BCUT2D eigenvalue weighted by atomic mass is 9.65. The molecule has 1 saturated carbocycles. The minimum absolute atomic E-state index is 0.0568. The number of benzene rings is 1. The summed E-state index contributed by atoms with van der Waals surface area (Å²) in [5.41, 5.74) is -0.159. The van der Waals surface area contributed by atoms with Gasteiger partial charge in [-0.3, -0.25) is 4.79 Å². The molecule has 2 fully saturated rings. The van der Waals surface area contributed by atoms with Crippen LogP contribution in [0.4, 0.5) is 13.6 Å². The molecule has 0 spiro atoms. The summed E-state index contributed by atoms with van der Waals surface area (Å²) in [6.07, 6.45) is 5.11. The summed E-state index contributed by atoms with van der Waals surface area (Å²) >= 11 is 0. The fraction of sp³-hybridized carbons (Fsp3) is 0.643. The molecule has 0 bridgehead atoms. The Bertz CT molecular complexity index is 886. The summed E-state index contributed by atoms with van der Waals surface area (Å²) in [7, 11) is 1.37. The van der Waals surface area contributed by atoms with E-state index in [1.54, 1.807) is 4.90 Å². The quantitative estimate of drug-likeness (QED) is 0.331. The van der Waals surface area contributed by atoms with Gasteiger partial charge in [-0.25, -0.2) is 13.6 Å². The van der Waals surface area contributed by atoms with E-state index < -0.39 is 17.4 Å². The summed E-state index contributed by atoms with van der Waals surface area (Å²) in [6, 6.07) is 9.47. The topological polar surface area (TPSA) is 55.8 Å². The number of halogens is 2. The summed E-state index contributed by atoms with van der Waals surface area (Å²) in [5, 5.41) is 0. The molecular formula is C28H39F2NO4. The van der Waals surface area contributed by atoms with Crippen molar-refractivity contribution in [2.45, 2.75) is 71.8 Å². The molecule has 1 saturated heterocycles. The number of esters is 1. The molecule has 2 atom stereocenters. The fourth-order valence-corrected chi connectivity index (χ4v) is 5.16. The lowest BCUT2D eigenvalue weighted by Crippen LogP contribution is -2.55. The third-order valence-corrected chi connectivity index (χ3v) is 7.56. The van der Waals surface area contributed by atoms with Gasteiger partial charge < -0.3 is 14.4 Å². The highest BCUT2D eigenvalue weighted by Crippen LogP contribution is 2.45. The van der Waals surface area contributed by atoms with Crippen LogP contribution in [0.1, 0.15) is 64.9 Å². The van der Waals surface area contributed by atoms with Gasteiger partial charge in [0.2, 0.25) is 5.92 Å². The SMILES string of the molecule is COC(=O)[C@]1(CC=CC2CCC(F)(F)CC2)C[C@@H](C(C)(C)C)CN(C(=O)OCc2ccccc2)C1. The average molecular weight is 492 g/mol. The van der Waals surface area contributed by atoms with Crippen molar-refractivity contribution in [2.24, 2.45) is 22.7 Å². The zero-order chi connectivity index (χ0) is 25.7. The lowest BCUT2D eigenvalue weighted by molar-refractivity contribution is -0.158. The zero-order valence-corrected chi connectivity index (χ0v) is 21.4. The molecule has 2 aliphatic rings. The van der Waals surface area contributed by atoms with E-state index in [1.165, 1.54) is 7.11 Å². The van der Waals surface area contributed by atoms with Crippen LogP contribution in [-0.4, -0.2) is 43.1 Å². The van der Waals surface area contributed by atoms with Gasteiger partial charge in [0.25, 0.3) is 0 Å². The van der Waals surface area contributed by atoms with Gasteiger partial charge in [0.05, 0.1) is 12.5 Å². The van der Waals surface area contributed by atoms with Gasteiger partial charge in [0, 0.05) is 25.9 Å². The number of hydrogen-bond donors (Lipinski definition) is 0. The molecule has 1 heterocycles. The van der Waals surface area contributed by atoms with E-state index in [0.717, 1.165) is 5.56 Å². The summed E-state index contributed by atoms with van der Waals surface area (Å²) < 4.78 is 37.9. The van der Waals surface area contributed by atoms with Crippen LogP contribution in [-0.2, 0) is 20.9 Å². The first-order chi connectivity index (χ1) is 16.4. The Morgan fingerprint density at radius 3 is 2.40 bits per heavy atom. The molecule has 194 valence electrons. The van der Waals surface area contributed by atoms with Crippen molar-refractivity contribution in [3.05, 3.63) is 48.0 Å². The Morgan fingerprint density at radius 1 is 1.14 bits per heavy atom. The normalized spacial score (nSPS) is 25.4. The van der Waals surface area contributed by atoms with Crippen molar-refractivity contribution in [1.82, 2.24) is 4.90 Å². The number of piperidine rings is 1. The number of ether oxygens (including phenoxy) is 2. The zero-order valence-electron chi connectivity index (χ0n) is 21.4. The van der Waals surface area contributed by atoms with Crippen molar-refractivity contribution < 1.29 is 27.8 Å². The standard InChI is InChI=1S/C28H39F2NO4/c1-26(2,3)23-17-27(24(32)34-4,14-8-11-21-12-15-28(29,30)16-13-21)20-31(18-23)25(33)35-19-22-9-6-5-7-10-22/h5-11,21,23H,12-20H2,1-4H3/t23-,27-/m1/s1. The molecule has 1 aliphatic heterocycles. The second kappa shape index (κ2) is 11.1. The third kappa shape index (κ3) is 7.28. The first kappa shape index (κ1) is 27.2. The Hall–Kier alpha value is -2.44. The molecule has 7 heteroatoms. The first-order valence-corrected chi connectivity index (χ1v) is 12.5. The number of allylic oxidation sites excluding steroid dienone is 2. The maximum atomic E-state index is 13.5. The summed E-state index contributed by atoms with van der Waals surface area (Å²) in [6.45, 7) is 7.18.